The fourth-order valence-electron chi connectivity index (χ4n) is 2.43. The van der Waals surface area contributed by atoms with Gasteiger partial charge in [-0.15, -0.1) is 11.8 Å². The van der Waals surface area contributed by atoms with Gasteiger partial charge in [0.25, 0.3) is 0 Å². The predicted octanol–water partition coefficient (Wildman–Crippen LogP) is 4.31. The zero-order chi connectivity index (χ0) is 23.4. The van der Waals surface area contributed by atoms with Crippen molar-refractivity contribution in [2.24, 2.45) is 5.92 Å². The lowest BCUT2D eigenvalue weighted by Crippen LogP contribution is -2.15. The smallest absolute Gasteiger partial charge is 0.373 e. The lowest BCUT2D eigenvalue weighted by molar-refractivity contribution is -0.191. The van der Waals surface area contributed by atoms with Gasteiger partial charge in [-0.2, -0.15) is 9.59 Å². The molecule has 0 amide bonds. The summed E-state index contributed by atoms with van der Waals surface area (Å²) >= 11 is 1.67. The summed E-state index contributed by atoms with van der Waals surface area (Å²) in [5.41, 5.74) is 0. The second kappa shape index (κ2) is 23.3. The van der Waals surface area contributed by atoms with Crippen LogP contribution < -0.4 is 0 Å². The lowest BCUT2D eigenvalue weighted by atomic mass is 10.1. The summed E-state index contributed by atoms with van der Waals surface area (Å²) in [6.07, 6.45) is 3.48. The number of thioether (sulfide) groups is 1. The standard InChI is InChI=1S/C21H38O5S.CO2.CH4/c1-16(2)20(23)11-13-26-15-14-25-12-7-9-19(22)8-6-10-21(24)18(5)27-17(3)4;2-1-3;/h16-18H,6-15H2,1-5H3;;1H4. The molecule has 0 bridgehead atoms. The molecule has 0 saturated heterocycles. The number of carbonyl (C=O) groups is 3. The van der Waals surface area contributed by atoms with Gasteiger partial charge in [0.05, 0.1) is 25.1 Å². The molecule has 8 heteroatoms. The van der Waals surface area contributed by atoms with E-state index < -0.39 is 0 Å². The summed E-state index contributed by atoms with van der Waals surface area (Å²) in [6, 6.07) is 0. The first-order chi connectivity index (χ1) is 14.1. The molecule has 0 rings (SSSR count). The number of carbonyl (C=O) groups excluding carboxylic acids is 5. The van der Waals surface area contributed by atoms with E-state index in [9.17, 15) is 14.4 Å². The quantitative estimate of drug-likeness (QED) is 0.278. The summed E-state index contributed by atoms with van der Waals surface area (Å²) in [4.78, 5) is 51.4. The third-order valence-corrected chi connectivity index (χ3v) is 5.28. The summed E-state index contributed by atoms with van der Waals surface area (Å²) in [5, 5.41) is 0.456. The third kappa shape index (κ3) is 24.8. The van der Waals surface area contributed by atoms with Crippen molar-refractivity contribution >= 4 is 35.3 Å². The topological polar surface area (TPSA) is 104 Å². The highest BCUT2D eigenvalue weighted by molar-refractivity contribution is 8.01. The van der Waals surface area contributed by atoms with Crippen LogP contribution in [0.3, 0.4) is 0 Å². The van der Waals surface area contributed by atoms with Gasteiger partial charge in [0, 0.05) is 38.2 Å². The third-order valence-electron chi connectivity index (χ3n) is 4.06. The van der Waals surface area contributed by atoms with Crippen molar-refractivity contribution < 1.29 is 33.4 Å². The van der Waals surface area contributed by atoms with Gasteiger partial charge in [-0.3, -0.25) is 14.4 Å². The van der Waals surface area contributed by atoms with Crippen molar-refractivity contribution in [1.29, 1.82) is 0 Å². The highest BCUT2D eigenvalue weighted by Crippen LogP contribution is 2.19. The number of ketones is 3. The maximum atomic E-state index is 12.0. The molecule has 0 spiro atoms. The van der Waals surface area contributed by atoms with Gasteiger partial charge in [0.1, 0.15) is 17.3 Å². The Morgan fingerprint density at radius 3 is 1.77 bits per heavy atom. The van der Waals surface area contributed by atoms with E-state index in [0.29, 0.717) is 70.2 Å². The van der Waals surface area contributed by atoms with Crippen molar-refractivity contribution in [3.63, 3.8) is 0 Å². The normalized spacial score (nSPS) is 11.2. The molecule has 1 atom stereocenters. The Balaban J connectivity index is -0.00000184. The Hall–Kier alpha value is -1.34. The molecule has 0 N–H and O–H groups in total. The molecule has 0 aromatic carbocycles. The summed E-state index contributed by atoms with van der Waals surface area (Å²) in [5.74, 6) is 0.700. The van der Waals surface area contributed by atoms with E-state index >= 15 is 0 Å². The molecular formula is C23H42O7S. The van der Waals surface area contributed by atoms with Crippen LogP contribution in [0.2, 0.25) is 0 Å². The van der Waals surface area contributed by atoms with Crippen LogP contribution in [0.5, 0.6) is 0 Å². The van der Waals surface area contributed by atoms with Crippen LogP contribution in [0.15, 0.2) is 0 Å². The van der Waals surface area contributed by atoms with Gasteiger partial charge >= 0.3 is 6.15 Å². The number of Topliss-reactive ketones (excluding diaryl/α,β-unsaturated/α-hetero) is 3. The van der Waals surface area contributed by atoms with Crippen molar-refractivity contribution in [2.75, 3.05) is 26.4 Å². The zero-order valence-corrected chi connectivity index (χ0v) is 19.9. The molecular weight excluding hydrogens is 420 g/mol. The molecule has 7 nitrogen and oxygen atoms in total. The van der Waals surface area contributed by atoms with E-state index in [-0.39, 0.29) is 42.1 Å². The van der Waals surface area contributed by atoms with Crippen LogP contribution in [0.1, 0.15) is 80.6 Å². The second-order valence-corrected chi connectivity index (χ2v) is 9.39. The van der Waals surface area contributed by atoms with Gasteiger partial charge in [-0.25, -0.2) is 0 Å². The Morgan fingerprint density at radius 2 is 1.26 bits per heavy atom. The van der Waals surface area contributed by atoms with E-state index in [1.54, 1.807) is 11.8 Å². The minimum Gasteiger partial charge on any atom is -0.379 e. The lowest BCUT2D eigenvalue weighted by Gasteiger charge is -2.12. The molecule has 0 saturated carbocycles. The first kappa shape index (κ1) is 34.3. The highest BCUT2D eigenvalue weighted by atomic mass is 32.2. The van der Waals surface area contributed by atoms with E-state index in [2.05, 4.69) is 13.8 Å². The number of hydrogen-bond acceptors (Lipinski definition) is 8. The summed E-state index contributed by atoms with van der Waals surface area (Å²) in [7, 11) is 0. The zero-order valence-electron chi connectivity index (χ0n) is 19.1. The SMILES string of the molecule is C.CC(C)SC(C)C(=O)CCCC(=O)CCCOCCOCCC(=O)C(C)C.O=C=O. The molecule has 0 aliphatic rings. The molecule has 0 aliphatic heterocycles. The van der Waals surface area contributed by atoms with Gasteiger partial charge in [-0.05, 0) is 25.0 Å². The van der Waals surface area contributed by atoms with Crippen LogP contribution in [-0.4, -0.2) is 60.4 Å². The summed E-state index contributed by atoms with van der Waals surface area (Å²) < 4.78 is 10.8. The first-order valence-electron chi connectivity index (χ1n) is 10.5. The second-order valence-electron chi connectivity index (χ2n) is 7.47. The Bertz CT molecular complexity index is 512. The maximum absolute atomic E-state index is 12.0. The minimum absolute atomic E-state index is 0. The van der Waals surface area contributed by atoms with Crippen molar-refractivity contribution in [3.8, 4) is 0 Å². The number of hydrogen-bond donors (Lipinski definition) is 0. The number of rotatable bonds is 18. The fourth-order valence-corrected chi connectivity index (χ4v) is 3.51. The average molecular weight is 463 g/mol. The van der Waals surface area contributed by atoms with Crippen molar-refractivity contribution in [1.82, 2.24) is 0 Å². The van der Waals surface area contributed by atoms with Crippen LogP contribution in [0, 0.1) is 5.92 Å². The van der Waals surface area contributed by atoms with Crippen LogP contribution in [-0.2, 0) is 33.4 Å². The Morgan fingerprint density at radius 1 is 0.742 bits per heavy atom. The van der Waals surface area contributed by atoms with Gasteiger partial charge in [-0.1, -0.05) is 35.1 Å². The van der Waals surface area contributed by atoms with Gasteiger partial charge in [0.2, 0.25) is 0 Å². The van der Waals surface area contributed by atoms with Gasteiger partial charge < -0.3 is 9.47 Å². The first-order valence-corrected chi connectivity index (χ1v) is 11.5. The molecule has 0 radical (unpaired) electrons. The molecule has 0 fully saturated rings. The molecule has 182 valence electrons. The maximum Gasteiger partial charge on any atom is 0.373 e. The monoisotopic (exact) mass is 462 g/mol. The fraction of sp³-hybridized carbons (Fsp3) is 0.826. The molecule has 0 heterocycles. The largest absolute Gasteiger partial charge is 0.379 e. The van der Waals surface area contributed by atoms with Crippen molar-refractivity contribution in [2.45, 2.75) is 91.1 Å². The van der Waals surface area contributed by atoms with E-state index in [1.807, 2.05) is 20.8 Å². The predicted molar refractivity (Wildman–Crippen MR) is 123 cm³/mol. The van der Waals surface area contributed by atoms with Gasteiger partial charge in [0.15, 0.2) is 0 Å². The Kier molecular flexibility index (Phi) is 25.8. The van der Waals surface area contributed by atoms with Crippen LogP contribution in [0.4, 0.5) is 0 Å². The molecule has 0 aromatic heterocycles. The molecule has 0 aliphatic carbocycles. The van der Waals surface area contributed by atoms with Crippen LogP contribution >= 0.6 is 11.8 Å². The van der Waals surface area contributed by atoms with Crippen LogP contribution in [0.25, 0.3) is 0 Å². The number of ether oxygens (including phenoxy) is 2. The molecule has 0 aromatic rings. The summed E-state index contributed by atoms with van der Waals surface area (Å²) in [6.45, 7) is 11.8. The van der Waals surface area contributed by atoms with E-state index in [1.165, 1.54) is 0 Å². The van der Waals surface area contributed by atoms with E-state index in [0.717, 1.165) is 0 Å². The highest BCUT2D eigenvalue weighted by Gasteiger charge is 2.15. The Labute approximate surface area is 192 Å². The van der Waals surface area contributed by atoms with Crippen molar-refractivity contribution in [3.05, 3.63) is 0 Å². The average Bonchev–Trinajstić information content (AvgIpc) is 2.66. The van der Waals surface area contributed by atoms with E-state index in [4.69, 9.17) is 19.1 Å². The minimum atomic E-state index is 0. The molecule has 31 heavy (non-hydrogen) atoms. The molecule has 1 unspecified atom stereocenters.